The molecule has 7 heteroatoms. The molecule has 2 N–H and O–H groups in total. The number of hydrogen-bond donors (Lipinski definition) is 2. The lowest BCUT2D eigenvalue weighted by Crippen LogP contribution is -2.32. The zero-order valence-electron chi connectivity index (χ0n) is 12.3. The molecule has 0 atom stereocenters. The molecule has 0 aromatic heterocycles. The van der Waals surface area contributed by atoms with E-state index in [0.29, 0.717) is 10.7 Å². The first-order chi connectivity index (χ1) is 11.0. The van der Waals surface area contributed by atoms with Crippen molar-refractivity contribution in [3.8, 4) is 5.75 Å². The summed E-state index contributed by atoms with van der Waals surface area (Å²) < 4.78 is 31.2. The molecule has 0 saturated heterocycles. The van der Waals surface area contributed by atoms with Crippen LogP contribution in [0.3, 0.4) is 0 Å². The number of hydrogen-bond acceptors (Lipinski definition) is 2. The van der Waals surface area contributed by atoms with Crippen LogP contribution in [0, 0.1) is 18.6 Å². The third-order valence-corrected chi connectivity index (χ3v) is 3.21. The van der Waals surface area contributed by atoms with Gasteiger partial charge in [-0.1, -0.05) is 11.6 Å². The van der Waals surface area contributed by atoms with E-state index >= 15 is 0 Å². The lowest BCUT2D eigenvalue weighted by Gasteiger charge is -2.11. The molecule has 0 bridgehead atoms. The molecule has 0 unspecified atom stereocenters. The van der Waals surface area contributed by atoms with Gasteiger partial charge in [0.1, 0.15) is 12.4 Å². The van der Waals surface area contributed by atoms with Crippen LogP contribution in [-0.2, 0) is 0 Å². The Morgan fingerprint density at radius 2 is 2.00 bits per heavy atom. The largest absolute Gasteiger partial charge is 0.489 e. The summed E-state index contributed by atoms with van der Waals surface area (Å²) in [6.45, 7) is 2.03. The van der Waals surface area contributed by atoms with E-state index in [9.17, 15) is 13.6 Å². The van der Waals surface area contributed by atoms with Crippen LogP contribution in [-0.4, -0.2) is 19.2 Å². The van der Waals surface area contributed by atoms with Crippen molar-refractivity contribution in [1.82, 2.24) is 5.32 Å². The van der Waals surface area contributed by atoms with Crippen molar-refractivity contribution >= 4 is 23.3 Å². The summed E-state index contributed by atoms with van der Waals surface area (Å²) in [5.74, 6) is -1.53. The second kappa shape index (κ2) is 7.78. The van der Waals surface area contributed by atoms with Crippen molar-refractivity contribution in [2.45, 2.75) is 6.92 Å². The number of carbonyl (C=O) groups excluding carboxylic acids is 1. The molecule has 2 amide bonds. The summed E-state index contributed by atoms with van der Waals surface area (Å²) in [7, 11) is 0. The molecule has 2 aromatic carbocycles. The lowest BCUT2D eigenvalue weighted by molar-refractivity contribution is 0.246. The van der Waals surface area contributed by atoms with Gasteiger partial charge in [0.2, 0.25) is 0 Å². The maximum atomic E-state index is 13.3. The topological polar surface area (TPSA) is 50.4 Å². The number of aryl methyl sites for hydroxylation is 1. The molecule has 23 heavy (non-hydrogen) atoms. The van der Waals surface area contributed by atoms with E-state index in [-0.39, 0.29) is 18.9 Å². The van der Waals surface area contributed by atoms with Crippen molar-refractivity contribution in [1.29, 1.82) is 0 Å². The maximum Gasteiger partial charge on any atom is 0.319 e. The first kappa shape index (κ1) is 17.0. The number of benzene rings is 2. The highest BCUT2D eigenvalue weighted by molar-refractivity contribution is 6.30. The number of nitrogens with one attached hydrogen (secondary N) is 2. The Balaban J connectivity index is 1.76. The summed E-state index contributed by atoms with van der Waals surface area (Å²) in [6, 6.07) is 7.71. The van der Waals surface area contributed by atoms with Crippen molar-refractivity contribution in [2.75, 3.05) is 18.5 Å². The first-order valence-electron chi connectivity index (χ1n) is 6.84. The highest BCUT2D eigenvalue weighted by atomic mass is 35.5. The van der Waals surface area contributed by atoms with Crippen LogP contribution in [0.15, 0.2) is 36.4 Å². The van der Waals surface area contributed by atoms with Crippen molar-refractivity contribution in [3.63, 3.8) is 0 Å². The minimum absolute atomic E-state index is 0.0512. The Morgan fingerprint density at radius 3 is 2.70 bits per heavy atom. The number of urea groups is 1. The van der Waals surface area contributed by atoms with Gasteiger partial charge in [-0.15, -0.1) is 0 Å². The second-order valence-corrected chi connectivity index (χ2v) is 5.20. The van der Waals surface area contributed by atoms with E-state index in [1.165, 1.54) is 6.07 Å². The van der Waals surface area contributed by atoms with Crippen LogP contribution in [0.1, 0.15) is 5.56 Å². The Bertz CT molecular complexity index is 710. The Labute approximate surface area is 137 Å². The van der Waals surface area contributed by atoms with Gasteiger partial charge < -0.3 is 15.4 Å². The predicted molar refractivity (Wildman–Crippen MR) is 85.1 cm³/mol. The van der Waals surface area contributed by atoms with Crippen LogP contribution >= 0.6 is 11.6 Å². The van der Waals surface area contributed by atoms with Crippen LogP contribution < -0.4 is 15.4 Å². The number of rotatable bonds is 5. The van der Waals surface area contributed by atoms with Gasteiger partial charge in [-0.25, -0.2) is 13.6 Å². The van der Waals surface area contributed by atoms with E-state index in [0.717, 1.165) is 17.7 Å². The molecule has 2 rings (SSSR count). The van der Waals surface area contributed by atoms with E-state index in [1.54, 1.807) is 18.2 Å². The van der Waals surface area contributed by atoms with Gasteiger partial charge in [-0.2, -0.15) is 0 Å². The summed E-state index contributed by atoms with van der Waals surface area (Å²) in [5.41, 5.74) is 1.47. The normalized spacial score (nSPS) is 10.3. The molecule has 0 saturated carbocycles. The van der Waals surface area contributed by atoms with E-state index in [1.807, 2.05) is 6.92 Å². The fourth-order valence-electron chi connectivity index (χ4n) is 1.85. The minimum atomic E-state index is -0.786. The highest BCUT2D eigenvalue weighted by Crippen LogP contribution is 2.19. The standard InChI is InChI=1S/C16H15ClF2N2O2/c1-10-8-11(17)2-4-14(10)21-16(22)20-6-7-23-15-5-3-12(18)9-13(15)19/h2-5,8-9H,6-7H2,1H3,(H2,20,21,22). The molecule has 2 aromatic rings. The zero-order valence-corrected chi connectivity index (χ0v) is 13.1. The van der Waals surface area contributed by atoms with Gasteiger partial charge in [0.25, 0.3) is 0 Å². The molecule has 0 aliphatic rings. The summed E-state index contributed by atoms with van der Waals surface area (Å²) in [4.78, 5) is 11.7. The number of halogens is 3. The minimum Gasteiger partial charge on any atom is -0.489 e. The molecule has 0 radical (unpaired) electrons. The number of amides is 2. The number of ether oxygens (including phenoxy) is 1. The van der Waals surface area contributed by atoms with Crippen molar-refractivity contribution in [2.24, 2.45) is 0 Å². The summed E-state index contributed by atoms with van der Waals surface area (Å²) in [5, 5.41) is 5.82. The Kier molecular flexibility index (Phi) is 5.76. The third kappa shape index (κ3) is 5.10. The predicted octanol–water partition coefficient (Wildman–Crippen LogP) is 4.13. The van der Waals surface area contributed by atoms with Gasteiger partial charge in [0, 0.05) is 16.8 Å². The summed E-state index contributed by atoms with van der Waals surface area (Å²) in [6.07, 6.45) is 0. The average Bonchev–Trinajstić information content (AvgIpc) is 2.48. The van der Waals surface area contributed by atoms with Crippen molar-refractivity contribution in [3.05, 3.63) is 58.6 Å². The van der Waals surface area contributed by atoms with Gasteiger partial charge in [0.15, 0.2) is 11.6 Å². The fourth-order valence-corrected chi connectivity index (χ4v) is 2.08. The van der Waals surface area contributed by atoms with Gasteiger partial charge in [-0.05, 0) is 42.8 Å². The average molecular weight is 341 g/mol. The second-order valence-electron chi connectivity index (χ2n) is 4.76. The maximum absolute atomic E-state index is 13.3. The number of carbonyl (C=O) groups is 1. The Hall–Kier alpha value is -2.34. The fraction of sp³-hybridized carbons (Fsp3) is 0.188. The van der Waals surface area contributed by atoms with Crippen LogP contribution in [0.5, 0.6) is 5.75 Å². The third-order valence-electron chi connectivity index (χ3n) is 2.98. The summed E-state index contributed by atoms with van der Waals surface area (Å²) >= 11 is 5.84. The zero-order chi connectivity index (χ0) is 16.8. The molecule has 122 valence electrons. The molecule has 0 aliphatic heterocycles. The molecule has 0 heterocycles. The molecule has 4 nitrogen and oxygen atoms in total. The quantitative estimate of drug-likeness (QED) is 0.804. The highest BCUT2D eigenvalue weighted by Gasteiger charge is 2.06. The van der Waals surface area contributed by atoms with Crippen LogP contribution in [0.2, 0.25) is 5.02 Å². The van der Waals surface area contributed by atoms with E-state index in [2.05, 4.69) is 10.6 Å². The lowest BCUT2D eigenvalue weighted by atomic mass is 10.2. The number of anilines is 1. The van der Waals surface area contributed by atoms with Gasteiger partial charge in [0.05, 0.1) is 6.54 Å². The van der Waals surface area contributed by atoms with Gasteiger partial charge in [-0.3, -0.25) is 0 Å². The molecule has 0 spiro atoms. The first-order valence-corrected chi connectivity index (χ1v) is 7.22. The van der Waals surface area contributed by atoms with Gasteiger partial charge >= 0.3 is 6.03 Å². The smallest absolute Gasteiger partial charge is 0.319 e. The molecular weight excluding hydrogens is 326 g/mol. The Morgan fingerprint density at radius 1 is 1.22 bits per heavy atom. The van der Waals surface area contributed by atoms with Crippen LogP contribution in [0.25, 0.3) is 0 Å². The van der Waals surface area contributed by atoms with Crippen molar-refractivity contribution < 1.29 is 18.3 Å². The molecule has 0 aliphatic carbocycles. The molecule has 0 fully saturated rings. The van der Waals surface area contributed by atoms with Crippen LogP contribution in [0.4, 0.5) is 19.3 Å². The van der Waals surface area contributed by atoms with E-state index in [4.69, 9.17) is 16.3 Å². The SMILES string of the molecule is Cc1cc(Cl)ccc1NC(=O)NCCOc1ccc(F)cc1F. The monoisotopic (exact) mass is 340 g/mol. The molecular formula is C16H15ClF2N2O2. The van der Waals surface area contributed by atoms with E-state index < -0.39 is 17.7 Å².